The molecule has 2 heteroatoms. The van der Waals surface area contributed by atoms with Gasteiger partial charge in [0.05, 0.1) is 12.7 Å². The molecule has 0 saturated heterocycles. The molecule has 0 fully saturated rings. The zero-order chi connectivity index (χ0) is 11.8. The van der Waals surface area contributed by atoms with Crippen LogP contribution in [0.4, 0.5) is 0 Å². The second kappa shape index (κ2) is 4.34. The Bertz CT molecular complexity index is 330. The molecule has 16 heavy (non-hydrogen) atoms. The lowest BCUT2D eigenvalue weighted by molar-refractivity contribution is 0.0438. The van der Waals surface area contributed by atoms with Crippen LogP contribution >= 0.6 is 0 Å². The molecule has 2 nitrogen and oxygen atoms in total. The van der Waals surface area contributed by atoms with E-state index in [0.29, 0.717) is 5.92 Å². The van der Waals surface area contributed by atoms with E-state index in [0.717, 1.165) is 31.3 Å². The lowest BCUT2D eigenvalue weighted by atomic mass is 9.69. The quantitative estimate of drug-likeness (QED) is 0.715. The first-order chi connectivity index (χ1) is 7.58. The van der Waals surface area contributed by atoms with Gasteiger partial charge in [0.2, 0.25) is 0 Å². The predicted molar refractivity (Wildman–Crippen MR) is 65.0 cm³/mol. The van der Waals surface area contributed by atoms with Crippen LogP contribution in [0, 0.1) is 11.3 Å². The molecule has 0 unspecified atom stereocenters. The molecule has 2 aliphatic carbocycles. The summed E-state index contributed by atoms with van der Waals surface area (Å²) in [6.07, 6.45) is 8.03. The van der Waals surface area contributed by atoms with Crippen LogP contribution in [-0.4, -0.2) is 22.9 Å². The molecular weight excluding hydrogens is 200 g/mol. The maximum absolute atomic E-state index is 10.2. The molecule has 0 heterocycles. The van der Waals surface area contributed by atoms with Crippen LogP contribution in [0.15, 0.2) is 23.3 Å². The standard InChI is InChI=1S/C14H22O2/c1-10-6-7-14(2)12(8-11(10)9-15)4-3-5-13(14)16/h4,8,10,13,15-16H,3,5-7,9H2,1-2H3/t10-,13+,14+/m0/s1. The Hall–Kier alpha value is -0.600. The van der Waals surface area contributed by atoms with Gasteiger partial charge in [0.15, 0.2) is 0 Å². The van der Waals surface area contributed by atoms with E-state index < -0.39 is 0 Å². The molecule has 0 radical (unpaired) electrons. The minimum atomic E-state index is -0.228. The fourth-order valence-electron chi connectivity index (χ4n) is 2.92. The fourth-order valence-corrected chi connectivity index (χ4v) is 2.92. The Morgan fingerprint density at radius 2 is 2.19 bits per heavy atom. The second-order valence-electron chi connectivity index (χ2n) is 5.49. The van der Waals surface area contributed by atoms with Gasteiger partial charge in [-0.15, -0.1) is 0 Å². The molecule has 0 saturated carbocycles. The zero-order valence-electron chi connectivity index (χ0n) is 10.2. The number of allylic oxidation sites excluding steroid dienone is 2. The van der Waals surface area contributed by atoms with E-state index in [1.54, 1.807) is 0 Å². The van der Waals surface area contributed by atoms with Gasteiger partial charge in [-0.3, -0.25) is 0 Å². The van der Waals surface area contributed by atoms with E-state index in [1.807, 2.05) is 0 Å². The molecule has 0 aromatic carbocycles. The van der Waals surface area contributed by atoms with Gasteiger partial charge in [0, 0.05) is 5.41 Å². The first-order valence-corrected chi connectivity index (χ1v) is 6.28. The summed E-state index contributed by atoms with van der Waals surface area (Å²) < 4.78 is 0. The first-order valence-electron chi connectivity index (χ1n) is 6.28. The third-order valence-electron chi connectivity index (χ3n) is 4.45. The number of rotatable bonds is 1. The highest BCUT2D eigenvalue weighted by Crippen LogP contribution is 2.46. The zero-order valence-corrected chi connectivity index (χ0v) is 10.2. The minimum absolute atomic E-state index is 0.0938. The van der Waals surface area contributed by atoms with Crippen LogP contribution in [0.1, 0.15) is 39.5 Å². The largest absolute Gasteiger partial charge is 0.392 e. The molecule has 2 N–H and O–H groups in total. The smallest absolute Gasteiger partial charge is 0.0647 e. The van der Waals surface area contributed by atoms with Crippen molar-refractivity contribution in [3.8, 4) is 0 Å². The van der Waals surface area contributed by atoms with Crippen molar-refractivity contribution in [2.75, 3.05) is 6.61 Å². The van der Waals surface area contributed by atoms with Gasteiger partial charge in [-0.1, -0.05) is 26.0 Å². The van der Waals surface area contributed by atoms with Crippen LogP contribution in [0.5, 0.6) is 0 Å². The predicted octanol–water partition coefficient (Wildman–Crippen LogP) is 2.42. The summed E-state index contributed by atoms with van der Waals surface area (Å²) in [5, 5.41) is 19.6. The van der Waals surface area contributed by atoms with Gasteiger partial charge in [-0.05, 0) is 42.7 Å². The van der Waals surface area contributed by atoms with Crippen molar-refractivity contribution in [2.24, 2.45) is 11.3 Å². The first kappa shape index (κ1) is 11.9. The number of fused-ring (bicyclic) bond motifs is 1. The van der Waals surface area contributed by atoms with Crippen molar-refractivity contribution < 1.29 is 10.2 Å². The van der Waals surface area contributed by atoms with Gasteiger partial charge in [0.1, 0.15) is 0 Å². The van der Waals surface area contributed by atoms with Crippen LogP contribution in [-0.2, 0) is 0 Å². The summed E-state index contributed by atoms with van der Waals surface area (Å²) in [7, 11) is 0. The van der Waals surface area contributed by atoms with E-state index in [2.05, 4.69) is 26.0 Å². The number of hydrogen-bond acceptors (Lipinski definition) is 2. The third kappa shape index (κ3) is 1.85. The molecule has 2 aliphatic rings. The molecule has 0 aliphatic heterocycles. The van der Waals surface area contributed by atoms with E-state index in [1.165, 1.54) is 5.57 Å². The fraction of sp³-hybridized carbons (Fsp3) is 0.714. The summed E-state index contributed by atoms with van der Waals surface area (Å²) >= 11 is 0. The number of aliphatic hydroxyl groups is 2. The van der Waals surface area contributed by atoms with Gasteiger partial charge in [-0.25, -0.2) is 0 Å². The summed E-state index contributed by atoms with van der Waals surface area (Å²) in [5.41, 5.74) is 2.26. The SMILES string of the molecule is C[C@H]1CC[C@]2(C)C(=CCC[C@H]2O)C=C1CO. The Balaban J connectivity index is 2.39. The van der Waals surface area contributed by atoms with Gasteiger partial charge in [0.25, 0.3) is 0 Å². The van der Waals surface area contributed by atoms with Crippen LogP contribution < -0.4 is 0 Å². The maximum Gasteiger partial charge on any atom is 0.0647 e. The third-order valence-corrected chi connectivity index (χ3v) is 4.45. The lowest BCUT2D eigenvalue weighted by Crippen LogP contribution is -2.35. The second-order valence-corrected chi connectivity index (χ2v) is 5.49. The Labute approximate surface area is 97.7 Å². The van der Waals surface area contributed by atoms with Crippen LogP contribution in [0.2, 0.25) is 0 Å². The number of hydrogen-bond donors (Lipinski definition) is 2. The Kier molecular flexibility index (Phi) is 3.22. The van der Waals surface area contributed by atoms with Crippen LogP contribution in [0.25, 0.3) is 0 Å². The van der Waals surface area contributed by atoms with Gasteiger partial charge in [-0.2, -0.15) is 0 Å². The summed E-state index contributed by atoms with van der Waals surface area (Å²) in [4.78, 5) is 0. The van der Waals surface area contributed by atoms with E-state index in [9.17, 15) is 10.2 Å². The summed E-state index contributed by atoms with van der Waals surface area (Å²) in [6.45, 7) is 4.46. The van der Waals surface area contributed by atoms with Crippen LogP contribution in [0.3, 0.4) is 0 Å². The van der Waals surface area contributed by atoms with Crippen molar-refractivity contribution in [2.45, 2.75) is 45.6 Å². The average Bonchev–Trinajstić information content (AvgIpc) is 2.40. The molecule has 0 aromatic heterocycles. The summed E-state index contributed by atoms with van der Waals surface area (Å²) in [5.74, 6) is 0.431. The van der Waals surface area contributed by atoms with Crippen molar-refractivity contribution >= 4 is 0 Å². The molecule has 90 valence electrons. The monoisotopic (exact) mass is 222 g/mol. The van der Waals surface area contributed by atoms with Crippen molar-refractivity contribution in [3.05, 3.63) is 23.3 Å². The van der Waals surface area contributed by atoms with E-state index >= 15 is 0 Å². The normalized spacial score (nSPS) is 39.5. The van der Waals surface area contributed by atoms with Crippen molar-refractivity contribution in [3.63, 3.8) is 0 Å². The lowest BCUT2D eigenvalue weighted by Gasteiger charge is -2.38. The molecule has 0 amide bonds. The minimum Gasteiger partial charge on any atom is -0.392 e. The molecule has 0 aromatic rings. The molecule has 3 atom stereocenters. The highest BCUT2D eigenvalue weighted by Gasteiger charge is 2.39. The highest BCUT2D eigenvalue weighted by atomic mass is 16.3. The van der Waals surface area contributed by atoms with E-state index in [-0.39, 0.29) is 18.1 Å². The van der Waals surface area contributed by atoms with Crippen molar-refractivity contribution in [1.29, 1.82) is 0 Å². The summed E-state index contributed by atoms with van der Waals surface area (Å²) in [6, 6.07) is 0. The maximum atomic E-state index is 10.2. The van der Waals surface area contributed by atoms with Gasteiger partial charge >= 0.3 is 0 Å². The average molecular weight is 222 g/mol. The molecular formula is C14H22O2. The highest BCUT2D eigenvalue weighted by molar-refractivity contribution is 5.35. The van der Waals surface area contributed by atoms with Crippen molar-refractivity contribution in [1.82, 2.24) is 0 Å². The molecule has 0 bridgehead atoms. The number of aliphatic hydroxyl groups excluding tert-OH is 2. The van der Waals surface area contributed by atoms with E-state index in [4.69, 9.17) is 0 Å². The molecule has 0 spiro atoms. The Morgan fingerprint density at radius 3 is 2.88 bits per heavy atom. The Morgan fingerprint density at radius 1 is 1.44 bits per heavy atom. The molecule has 2 rings (SSSR count). The van der Waals surface area contributed by atoms with Gasteiger partial charge < -0.3 is 10.2 Å². The topological polar surface area (TPSA) is 40.5 Å².